The van der Waals surface area contributed by atoms with Gasteiger partial charge in [0.05, 0.1) is 17.8 Å². The van der Waals surface area contributed by atoms with Crippen LogP contribution in [0.15, 0.2) is 47.0 Å². The summed E-state index contributed by atoms with van der Waals surface area (Å²) in [5.74, 6) is -2.32. The van der Waals surface area contributed by atoms with Crippen LogP contribution >= 0.6 is 0 Å². The highest BCUT2D eigenvalue weighted by atomic mass is 19.3. The van der Waals surface area contributed by atoms with E-state index in [2.05, 4.69) is 20.5 Å². The first-order chi connectivity index (χ1) is 14.4. The SMILES string of the molecule is O=C(N(Cc1ccc(-c2nnc(C(F)F)o2)cn1)c1cccc(F)c1)C1(F)CNC1. The van der Waals surface area contributed by atoms with Gasteiger partial charge in [-0.05, 0) is 30.3 Å². The molecule has 7 nitrogen and oxygen atoms in total. The van der Waals surface area contributed by atoms with Gasteiger partial charge in [0.15, 0.2) is 0 Å². The fourth-order valence-corrected chi connectivity index (χ4v) is 2.91. The fraction of sp³-hybridized carbons (Fsp3) is 0.263. The minimum Gasteiger partial charge on any atom is -0.415 e. The van der Waals surface area contributed by atoms with Crippen LogP contribution < -0.4 is 10.2 Å². The van der Waals surface area contributed by atoms with Crippen LogP contribution in [-0.2, 0) is 11.3 Å². The average Bonchev–Trinajstić information content (AvgIpc) is 3.21. The molecule has 0 bridgehead atoms. The molecular weight excluding hydrogens is 406 g/mol. The molecule has 30 heavy (non-hydrogen) atoms. The van der Waals surface area contributed by atoms with Crippen LogP contribution in [0.1, 0.15) is 18.0 Å². The number of aromatic nitrogens is 3. The third-order valence-electron chi connectivity index (χ3n) is 4.58. The molecule has 1 fully saturated rings. The van der Waals surface area contributed by atoms with E-state index in [4.69, 9.17) is 4.42 Å². The normalized spacial score (nSPS) is 15.1. The second kappa shape index (κ2) is 7.82. The highest BCUT2D eigenvalue weighted by molar-refractivity contribution is 6.00. The van der Waals surface area contributed by atoms with Crippen molar-refractivity contribution in [3.05, 3.63) is 60.0 Å². The van der Waals surface area contributed by atoms with Crippen LogP contribution in [0.4, 0.5) is 23.2 Å². The van der Waals surface area contributed by atoms with Gasteiger partial charge in [-0.3, -0.25) is 9.78 Å². The van der Waals surface area contributed by atoms with E-state index in [1.807, 2.05) is 0 Å². The molecule has 156 valence electrons. The Kier molecular flexibility index (Phi) is 5.20. The van der Waals surface area contributed by atoms with Crippen LogP contribution in [0.2, 0.25) is 0 Å². The third kappa shape index (κ3) is 3.88. The summed E-state index contributed by atoms with van der Waals surface area (Å²) < 4.78 is 58.5. The van der Waals surface area contributed by atoms with Crippen molar-refractivity contribution in [3.8, 4) is 11.5 Å². The summed E-state index contributed by atoms with van der Waals surface area (Å²) in [5, 5.41) is 9.49. The molecule has 4 rings (SSSR count). The number of nitrogens with zero attached hydrogens (tertiary/aromatic N) is 4. The van der Waals surface area contributed by atoms with Crippen molar-refractivity contribution >= 4 is 11.6 Å². The number of anilines is 1. The average molecular weight is 421 g/mol. The van der Waals surface area contributed by atoms with Crippen LogP contribution in [0.3, 0.4) is 0 Å². The molecule has 3 heterocycles. The summed E-state index contributed by atoms with van der Waals surface area (Å²) in [6.07, 6.45) is -1.58. The smallest absolute Gasteiger partial charge is 0.314 e. The molecule has 0 saturated carbocycles. The molecule has 0 spiro atoms. The number of pyridine rings is 1. The summed E-state index contributed by atoms with van der Waals surface area (Å²) >= 11 is 0. The molecule has 3 aromatic rings. The predicted molar refractivity (Wildman–Crippen MR) is 96.8 cm³/mol. The van der Waals surface area contributed by atoms with Crippen LogP contribution in [0, 0.1) is 5.82 Å². The van der Waals surface area contributed by atoms with Crippen molar-refractivity contribution in [2.24, 2.45) is 0 Å². The minimum atomic E-state index is -2.89. The van der Waals surface area contributed by atoms with Crippen molar-refractivity contribution in [2.45, 2.75) is 18.6 Å². The first-order valence-corrected chi connectivity index (χ1v) is 8.90. The molecule has 1 aliphatic heterocycles. The molecule has 1 aromatic carbocycles. The summed E-state index contributed by atoms with van der Waals surface area (Å²) in [5.41, 5.74) is -1.23. The Morgan fingerprint density at radius 3 is 2.60 bits per heavy atom. The molecule has 1 amide bonds. The predicted octanol–water partition coefficient (Wildman–Crippen LogP) is 3.05. The summed E-state index contributed by atoms with van der Waals surface area (Å²) in [6.45, 7) is -0.387. The first-order valence-electron chi connectivity index (χ1n) is 8.90. The van der Waals surface area contributed by atoms with Gasteiger partial charge >= 0.3 is 6.43 Å². The van der Waals surface area contributed by atoms with Crippen LogP contribution in [0.25, 0.3) is 11.5 Å². The standard InChI is InChI=1S/C19H15F4N5O2/c20-12-2-1-3-14(6-12)28(18(29)19(23)9-24-10-19)8-13-5-4-11(7-25-13)16-26-27-17(30-16)15(21)22/h1-7,15,24H,8-10H2. The number of rotatable bonds is 6. The van der Waals surface area contributed by atoms with Crippen molar-refractivity contribution in [1.29, 1.82) is 0 Å². The van der Waals surface area contributed by atoms with Gasteiger partial charge in [-0.25, -0.2) is 8.78 Å². The lowest BCUT2D eigenvalue weighted by molar-refractivity contribution is -0.133. The molecule has 0 atom stereocenters. The van der Waals surface area contributed by atoms with Crippen molar-refractivity contribution in [1.82, 2.24) is 20.5 Å². The maximum Gasteiger partial charge on any atom is 0.314 e. The van der Waals surface area contributed by atoms with Crippen molar-refractivity contribution in [2.75, 3.05) is 18.0 Å². The Morgan fingerprint density at radius 2 is 2.03 bits per heavy atom. The molecule has 0 radical (unpaired) electrons. The number of alkyl halides is 3. The van der Waals surface area contributed by atoms with Gasteiger partial charge in [0.2, 0.25) is 11.6 Å². The number of halogens is 4. The summed E-state index contributed by atoms with van der Waals surface area (Å²) in [6, 6.07) is 8.26. The van der Waals surface area contributed by atoms with Crippen molar-refractivity contribution < 1.29 is 26.8 Å². The number of hydrogen-bond acceptors (Lipinski definition) is 6. The molecule has 0 unspecified atom stereocenters. The van der Waals surface area contributed by atoms with Crippen LogP contribution in [0.5, 0.6) is 0 Å². The number of carbonyl (C=O) groups excluding carboxylic acids is 1. The monoisotopic (exact) mass is 421 g/mol. The van der Waals surface area contributed by atoms with Crippen molar-refractivity contribution in [3.63, 3.8) is 0 Å². The molecule has 11 heteroatoms. The highest BCUT2D eigenvalue weighted by Crippen LogP contribution is 2.27. The second-order valence-electron chi connectivity index (χ2n) is 6.72. The highest BCUT2D eigenvalue weighted by Gasteiger charge is 2.47. The largest absolute Gasteiger partial charge is 0.415 e. The lowest BCUT2D eigenvalue weighted by atomic mass is 9.97. The second-order valence-corrected chi connectivity index (χ2v) is 6.72. The Bertz CT molecular complexity index is 1050. The number of carbonyl (C=O) groups is 1. The van der Waals surface area contributed by atoms with E-state index in [9.17, 15) is 22.4 Å². The Labute approximate surface area is 167 Å². The molecule has 1 saturated heterocycles. The quantitative estimate of drug-likeness (QED) is 0.616. The summed E-state index contributed by atoms with van der Waals surface area (Å²) in [7, 11) is 0. The summed E-state index contributed by atoms with van der Waals surface area (Å²) in [4.78, 5) is 18.1. The van der Waals surface area contributed by atoms with E-state index in [0.29, 0.717) is 11.3 Å². The van der Waals surface area contributed by atoms with Gasteiger partial charge in [-0.15, -0.1) is 10.2 Å². The molecule has 1 aliphatic rings. The Morgan fingerprint density at radius 1 is 1.23 bits per heavy atom. The van der Waals surface area contributed by atoms with Gasteiger partial charge in [0.25, 0.3) is 11.8 Å². The number of nitrogens with one attached hydrogen (secondary N) is 1. The van der Waals surface area contributed by atoms with Gasteiger partial charge < -0.3 is 14.6 Å². The topological polar surface area (TPSA) is 84.2 Å². The maximum atomic E-state index is 14.7. The van der Waals surface area contributed by atoms with Crippen LogP contribution in [-0.4, -0.2) is 39.8 Å². The van der Waals surface area contributed by atoms with E-state index in [1.54, 1.807) is 0 Å². The lowest BCUT2D eigenvalue weighted by Gasteiger charge is -2.37. The van der Waals surface area contributed by atoms with E-state index in [1.165, 1.54) is 36.5 Å². The third-order valence-corrected chi connectivity index (χ3v) is 4.58. The lowest BCUT2D eigenvalue weighted by Crippen LogP contribution is -2.65. The maximum absolute atomic E-state index is 14.7. The van der Waals surface area contributed by atoms with Gasteiger partial charge in [0.1, 0.15) is 5.82 Å². The zero-order chi connectivity index (χ0) is 21.3. The molecular formula is C19H15F4N5O2. The van der Waals surface area contributed by atoms with E-state index in [0.717, 1.165) is 11.0 Å². The minimum absolute atomic E-state index is 0.125. The van der Waals surface area contributed by atoms with Gasteiger partial charge in [-0.2, -0.15) is 8.78 Å². The Balaban J connectivity index is 1.58. The van der Waals surface area contributed by atoms with E-state index < -0.39 is 29.7 Å². The fourth-order valence-electron chi connectivity index (χ4n) is 2.91. The number of benzene rings is 1. The van der Waals surface area contributed by atoms with E-state index >= 15 is 0 Å². The zero-order valence-electron chi connectivity index (χ0n) is 15.4. The number of amides is 1. The first kappa shape index (κ1) is 20.0. The Hall–Kier alpha value is -3.34. The van der Waals surface area contributed by atoms with E-state index in [-0.39, 0.29) is 31.2 Å². The zero-order valence-corrected chi connectivity index (χ0v) is 15.4. The van der Waals surface area contributed by atoms with Gasteiger partial charge in [0, 0.05) is 25.0 Å². The molecule has 2 aromatic heterocycles. The molecule has 0 aliphatic carbocycles. The number of hydrogen-bond donors (Lipinski definition) is 1. The molecule has 1 N–H and O–H groups in total. The van der Waals surface area contributed by atoms with Gasteiger partial charge in [-0.1, -0.05) is 6.07 Å².